The maximum absolute atomic E-state index is 13.1. The van der Waals surface area contributed by atoms with Crippen molar-refractivity contribution in [1.29, 1.82) is 0 Å². The van der Waals surface area contributed by atoms with Gasteiger partial charge >= 0.3 is 0 Å². The SMILES string of the molecule is Fc1ccc2c(c1)CC(CNc1cc(Br)ccc1Cl)O2. The van der Waals surface area contributed by atoms with Gasteiger partial charge in [-0.15, -0.1) is 0 Å². The van der Waals surface area contributed by atoms with Crippen LogP contribution in [0, 0.1) is 5.82 Å². The molecule has 2 aromatic rings. The van der Waals surface area contributed by atoms with E-state index in [2.05, 4.69) is 21.2 Å². The fourth-order valence-corrected chi connectivity index (χ4v) is 2.81. The van der Waals surface area contributed by atoms with Crippen LogP contribution in [0.4, 0.5) is 10.1 Å². The summed E-state index contributed by atoms with van der Waals surface area (Å²) in [6, 6.07) is 10.3. The molecule has 0 fully saturated rings. The fraction of sp³-hybridized carbons (Fsp3) is 0.200. The van der Waals surface area contributed by atoms with Crippen molar-refractivity contribution in [2.75, 3.05) is 11.9 Å². The molecule has 1 aliphatic heterocycles. The first kappa shape index (κ1) is 13.7. The van der Waals surface area contributed by atoms with Crippen molar-refractivity contribution >= 4 is 33.2 Å². The van der Waals surface area contributed by atoms with Gasteiger partial charge in [-0.3, -0.25) is 0 Å². The van der Waals surface area contributed by atoms with Crippen molar-refractivity contribution in [3.8, 4) is 5.75 Å². The van der Waals surface area contributed by atoms with E-state index in [1.165, 1.54) is 12.1 Å². The van der Waals surface area contributed by atoms with Crippen LogP contribution >= 0.6 is 27.5 Å². The van der Waals surface area contributed by atoms with E-state index in [1.807, 2.05) is 18.2 Å². The Bertz CT molecular complexity index is 650. The van der Waals surface area contributed by atoms with Crippen molar-refractivity contribution in [1.82, 2.24) is 0 Å². The van der Waals surface area contributed by atoms with Crippen molar-refractivity contribution in [3.63, 3.8) is 0 Å². The molecule has 1 unspecified atom stereocenters. The molecule has 104 valence electrons. The summed E-state index contributed by atoms with van der Waals surface area (Å²) in [7, 11) is 0. The van der Waals surface area contributed by atoms with Gasteiger partial charge in [0.1, 0.15) is 17.7 Å². The minimum Gasteiger partial charge on any atom is -0.488 e. The molecule has 1 atom stereocenters. The third-order valence-corrected chi connectivity index (χ3v) is 4.04. The molecule has 20 heavy (non-hydrogen) atoms. The Kier molecular flexibility index (Phi) is 3.85. The summed E-state index contributed by atoms with van der Waals surface area (Å²) in [4.78, 5) is 0. The van der Waals surface area contributed by atoms with Crippen molar-refractivity contribution in [3.05, 3.63) is 57.3 Å². The molecule has 2 nitrogen and oxygen atoms in total. The van der Waals surface area contributed by atoms with Crippen LogP contribution in [0.2, 0.25) is 5.02 Å². The van der Waals surface area contributed by atoms with Gasteiger partial charge in [0, 0.05) is 16.5 Å². The van der Waals surface area contributed by atoms with Gasteiger partial charge in [-0.2, -0.15) is 0 Å². The van der Waals surface area contributed by atoms with Crippen molar-refractivity contribution in [2.24, 2.45) is 0 Å². The lowest BCUT2D eigenvalue weighted by molar-refractivity contribution is 0.246. The van der Waals surface area contributed by atoms with E-state index in [9.17, 15) is 4.39 Å². The van der Waals surface area contributed by atoms with Crippen LogP contribution in [0.5, 0.6) is 5.75 Å². The highest BCUT2D eigenvalue weighted by atomic mass is 79.9. The molecule has 5 heteroatoms. The number of hydrogen-bond acceptors (Lipinski definition) is 2. The Balaban J connectivity index is 1.65. The molecule has 0 spiro atoms. The monoisotopic (exact) mass is 355 g/mol. The number of ether oxygens (including phenoxy) is 1. The van der Waals surface area contributed by atoms with Gasteiger partial charge in [-0.25, -0.2) is 4.39 Å². The molecule has 0 radical (unpaired) electrons. The van der Waals surface area contributed by atoms with Crippen LogP contribution in [0.1, 0.15) is 5.56 Å². The summed E-state index contributed by atoms with van der Waals surface area (Å²) in [5.41, 5.74) is 1.77. The zero-order chi connectivity index (χ0) is 14.1. The smallest absolute Gasteiger partial charge is 0.123 e. The second kappa shape index (κ2) is 5.62. The number of fused-ring (bicyclic) bond motifs is 1. The third kappa shape index (κ3) is 2.91. The first-order valence-corrected chi connectivity index (χ1v) is 7.43. The van der Waals surface area contributed by atoms with E-state index in [1.54, 1.807) is 6.07 Å². The van der Waals surface area contributed by atoms with E-state index in [0.29, 0.717) is 18.0 Å². The minimum absolute atomic E-state index is 0.0122. The van der Waals surface area contributed by atoms with E-state index in [-0.39, 0.29) is 11.9 Å². The summed E-state index contributed by atoms with van der Waals surface area (Å²) in [6.45, 7) is 0.618. The first-order valence-electron chi connectivity index (χ1n) is 6.26. The number of rotatable bonds is 3. The molecule has 0 saturated carbocycles. The molecule has 1 aliphatic rings. The Morgan fingerprint density at radius 1 is 1.30 bits per heavy atom. The summed E-state index contributed by atoms with van der Waals surface area (Å²) >= 11 is 9.53. The standard InChI is InChI=1S/C15H12BrClFNO/c16-10-1-3-13(17)14(7-10)19-8-12-6-9-5-11(18)2-4-15(9)20-12/h1-5,7,12,19H,6,8H2. The van der Waals surface area contributed by atoms with Crippen LogP contribution in [0.3, 0.4) is 0 Å². The van der Waals surface area contributed by atoms with Gasteiger partial charge in [0.15, 0.2) is 0 Å². The zero-order valence-electron chi connectivity index (χ0n) is 10.5. The van der Waals surface area contributed by atoms with Crippen LogP contribution in [0.15, 0.2) is 40.9 Å². The van der Waals surface area contributed by atoms with Crippen LogP contribution in [-0.2, 0) is 6.42 Å². The van der Waals surface area contributed by atoms with Crippen LogP contribution in [-0.4, -0.2) is 12.6 Å². The van der Waals surface area contributed by atoms with Gasteiger partial charge in [0.25, 0.3) is 0 Å². The largest absolute Gasteiger partial charge is 0.488 e. The lowest BCUT2D eigenvalue weighted by atomic mass is 10.1. The first-order chi connectivity index (χ1) is 9.61. The van der Waals surface area contributed by atoms with Crippen LogP contribution < -0.4 is 10.1 Å². The lowest BCUT2D eigenvalue weighted by Crippen LogP contribution is -2.24. The molecular formula is C15H12BrClFNO. The van der Waals surface area contributed by atoms with E-state index in [0.717, 1.165) is 21.5 Å². The number of hydrogen-bond donors (Lipinski definition) is 1. The normalized spacial score (nSPS) is 16.6. The van der Waals surface area contributed by atoms with Crippen LogP contribution in [0.25, 0.3) is 0 Å². The lowest BCUT2D eigenvalue weighted by Gasteiger charge is -2.14. The molecule has 2 aromatic carbocycles. The molecule has 0 amide bonds. The number of benzene rings is 2. The molecule has 0 aliphatic carbocycles. The summed E-state index contributed by atoms with van der Waals surface area (Å²) in [6.07, 6.45) is 0.688. The van der Waals surface area contributed by atoms with Crippen molar-refractivity contribution in [2.45, 2.75) is 12.5 Å². The van der Waals surface area contributed by atoms with E-state index in [4.69, 9.17) is 16.3 Å². The average molecular weight is 357 g/mol. The summed E-state index contributed by atoms with van der Waals surface area (Å²) < 4.78 is 19.9. The van der Waals surface area contributed by atoms with Crippen molar-refractivity contribution < 1.29 is 9.13 Å². The highest BCUT2D eigenvalue weighted by molar-refractivity contribution is 9.10. The quantitative estimate of drug-likeness (QED) is 0.864. The molecule has 0 bridgehead atoms. The maximum Gasteiger partial charge on any atom is 0.123 e. The van der Waals surface area contributed by atoms with Gasteiger partial charge in [-0.1, -0.05) is 27.5 Å². The molecule has 0 aromatic heterocycles. The average Bonchev–Trinajstić information content (AvgIpc) is 2.81. The van der Waals surface area contributed by atoms with Gasteiger partial charge in [0.05, 0.1) is 17.3 Å². The zero-order valence-corrected chi connectivity index (χ0v) is 12.8. The molecule has 1 N–H and O–H groups in total. The summed E-state index contributed by atoms with van der Waals surface area (Å²) in [5, 5.41) is 3.93. The minimum atomic E-state index is -0.226. The van der Waals surface area contributed by atoms with Gasteiger partial charge in [0.2, 0.25) is 0 Å². The fourth-order valence-electron chi connectivity index (χ4n) is 2.26. The predicted octanol–water partition coefficient (Wildman–Crippen LogP) is 4.66. The number of nitrogens with one attached hydrogen (secondary N) is 1. The number of halogens is 3. The maximum atomic E-state index is 13.1. The molecule has 3 rings (SSSR count). The molecule has 0 saturated heterocycles. The third-order valence-electron chi connectivity index (χ3n) is 3.21. The van der Waals surface area contributed by atoms with Gasteiger partial charge in [-0.05, 0) is 36.4 Å². The topological polar surface area (TPSA) is 21.3 Å². The second-order valence-electron chi connectivity index (χ2n) is 4.70. The van der Waals surface area contributed by atoms with Gasteiger partial charge < -0.3 is 10.1 Å². The highest BCUT2D eigenvalue weighted by Gasteiger charge is 2.23. The molecular weight excluding hydrogens is 345 g/mol. The number of anilines is 1. The Labute approximate surface area is 130 Å². The molecule has 1 heterocycles. The second-order valence-corrected chi connectivity index (χ2v) is 6.02. The Hall–Kier alpha value is -1.26. The Morgan fingerprint density at radius 2 is 2.15 bits per heavy atom. The van der Waals surface area contributed by atoms with E-state index < -0.39 is 0 Å². The Morgan fingerprint density at radius 3 is 3.00 bits per heavy atom. The predicted molar refractivity (Wildman–Crippen MR) is 82.2 cm³/mol. The highest BCUT2D eigenvalue weighted by Crippen LogP contribution is 2.30. The van der Waals surface area contributed by atoms with E-state index >= 15 is 0 Å². The summed E-state index contributed by atoms with van der Waals surface area (Å²) in [5.74, 6) is 0.537.